The lowest BCUT2D eigenvalue weighted by Crippen LogP contribution is -2.28. The highest BCUT2D eigenvalue weighted by Crippen LogP contribution is 2.25. The number of rotatable bonds is 7. The standard InChI is InChI=1S/C23H24ClN3O2S/c1-3-14(2)15-4-9-18(10-5-15)27-22(29)19-11-6-16(24)12-20(19)26-23(27)30-13-21(28)25-17-7-8-17/h4-6,9-12,14,17H,3,7-8,13H2,1-2H3,(H,25,28)/t14-/m0/s1. The smallest absolute Gasteiger partial charge is 0.266 e. The zero-order valence-corrected chi connectivity index (χ0v) is 18.6. The Morgan fingerprint density at radius 2 is 2.00 bits per heavy atom. The van der Waals surface area contributed by atoms with Crippen LogP contribution in [0.3, 0.4) is 0 Å². The first-order chi connectivity index (χ1) is 14.5. The lowest BCUT2D eigenvalue weighted by atomic mass is 9.98. The molecule has 4 rings (SSSR count). The molecule has 5 nitrogen and oxygen atoms in total. The molecule has 0 spiro atoms. The number of thioether (sulfide) groups is 1. The van der Waals surface area contributed by atoms with Gasteiger partial charge in [0, 0.05) is 11.1 Å². The van der Waals surface area contributed by atoms with Crippen LogP contribution in [-0.2, 0) is 4.79 Å². The lowest BCUT2D eigenvalue weighted by Gasteiger charge is -2.15. The van der Waals surface area contributed by atoms with Gasteiger partial charge in [-0.2, -0.15) is 0 Å². The van der Waals surface area contributed by atoms with Crippen molar-refractivity contribution in [1.82, 2.24) is 14.9 Å². The van der Waals surface area contributed by atoms with Gasteiger partial charge in [0.05, 0.1) is 22.3 Å². The Morgan fingerprint density at radius 3 is 2.67 bits per heavy atom. The minimum Gasteiger partial charge on any atom is -0.353 e. The van der Waals surface area contributed by atoms with Crippen LogP contribution in [0.25, 0.3) is 16.6 Å². The van der Waals surface area contributed by atoms with Crippen molar-refractivity contribution in [1.29, 1.82) is 0 Å². The van der Waals surface area contributed by atoms with Gasteiger partial charge in [-0.3, -0.25) is 14.2 Å². The third-order valence-electron chi connectivity index (χ3n) is 5.41. The molecule has 7 heteroatoms. The van der Waals surface area contributed by atoms with Gasteiger partial charge >= 0.3 is 0 Å². The number of hydrogen-bond acceptors (Lipinski definition) is 4. The van der Waals surface area contributed by atoms with E-state index in [0.29, 0.717) is 33.0 Å². The molecule has 1 fully saturated rings. The number of nitrogens with one attached hydrogen (secondary N) is 1. The number of amides is 1. The number of benzene rings is 2. The summed E-state index contributed by atoms with van der Waals surface area (Å²) in [5, 5.41) is 4.48. The third kappa shape index (κ3) is 4.55. The monoisotopic (exact) mass is 441 g/mol. The molecule has 0 radical (unpaired) electrons. The van der Waals surface area contributed by atoms with E-state index < -0.39 is 0 Å². The second-order valence-corrected chi connectivity index (χ2v) is 9.11. The molecule has 0 bridgehead atoms. The molecular weight excluding hydrogens is 418 g/mol. The maximum absolute atomic E-state index is 13.3. The van der Waals surface area contributed by atoms with Crippen LogP contribution in [0.15, 0.2) is 52.4 Å². The zero-order chi connectivity index (χ0) is 21.3. The third-order valence-corrected chi connectivity index (χ3v) is 6.58. The van der Waals surface area contributed by atoms with Gasteiger partial charge in [-0.05, 0) is 61.1 Å². The molecule has 2 aromatic carbocycles. The lowest BCUT2D eigenvalue weighted by molar-refractivity contribution is -0.118. The van der Waals surface area contributed by atoms with Gasteiger partial charge in [0.15, 0.2) is 5.16 Å². The van der Waals surface area contributed by atoms with E-state index in [4.69, 9.17) is 11.6 Å². The van der Waals surface area contributed by atoms with E-state index in [2.05, 4.69) is 36.3 Å². The van der Waals surface area contributed by atoms with Gasteiger partial charge in [-0.1, -0.05) is 49.3 Å². The minimum atomic E-state index is -0.168. The zero-order valence-electron chi connectivity index (χ0n) is 17.0. The van der Waals surface area contributed by atoms with Crippen molar-refractivity contribution >= 4 is 40.2 Å². The molecule has 1 heterocycles. The second kappa shape index (κ2) is 8.82. The normalized spacial score (nSPS) is 14.6. The van der Waals surface area contributed by atoms with Gasteiger partial charge in [-0.25, -0.2) is 4.98 Å². The summed E-state index contributed by atoms with van der Waals surface area (Å²) in [6, 6.07) is 13.4. The number of fused-ring (bicyclic) bond motifs is 1. The fourth-order valence-electron chi connectivity index (χ4n) is 3.28. The van der Waals surface area contributed by atoms with Crippen LogP contribution in [0.4, 0.5) is 0 Å². The molecule has 1 atom stereocenters. The fourth-order valence-corrected chi connectivity index (χ4v) is 4.27. The van der Waals surface area contributed by atoms with Crippen molar-refractivity contribution in [2.45, 2.75) is 50.2 Å². The van der Waals surface area contributed by atoms with E-state index in [0.717, 1.165) is 24.9 Å². The first-order valence-corrected chi connectivity index (χ1v) is 11.6. The van der Waals surface area contributed by atoms with Crippen molar-refractivity contribution < 1.29 is 4.79 Å². The number of hydrogen-bond donors (Lipinski definition) is 1. The van der Waals surface area contributed by atoms with Crippen molar-refractivity contribution in [3.63, 3.8) is 0 Å². The Balaban J connectivity index is 1.75. The van der Waals surface area contributed by atoms with Crippen LogP contribution >= 0.6 is 23.4 Å². The van der Waals surface area contributed by atoms with E-state index in [1.54, 1.807) is 22.8 Å². The van der Waals surface area contributed by atoms with Crippen molar-refractivity contribution in [3.8, 4) is 5.69 Å². The molecule has 1 N–H and O–H groups in total. The van der Waals surface area contributed by atoms with Crippen molar-refractivity contribution in [2.75, 3.05) is 5.75 Å². The molecule has 30 heavy (non-hydrogen) atoms. The summed E-state index contributed by atoms with van der Waals surface area (Å²) >= 11 is 7.38. The van der Waals surface area contributed by atoms with Gasteiger partial charge in [0.1, 0.15) is 0 Å². The summed E-state index contributed by atoms with van der Waals surface area (Å²) < 4.78 is 1.59. The molecule has 3 aromatic rings. The number of aromatic nitrogens is 2. The van der Waals surface area contributed by atoms with Crippen LogP contribution in [0, 0.1) is 0 Å². The highest BCUT2D eigenvalue weighted by molar-refractivity contribution is 7.99. The fraction of sp³-hybridized carbons (Fsp3) is 0.348. The predicted molar refractivity (Wildman–Crippen MR) is 123 cm³/mol. The van der Waals surface area contributed by atoms with Gasteiger partial charge in [0.2, 0.25) is 5.91 Å². The second-order valence-electron chi connectivity index (χ2n) is 7.73. The Bertz CT molecular complexity index is 1140. The summed E-state index contributed by atoms with van der Waals surface area (Å²) in [6.07, 6.45) is 3.13. The predicted octanol–water partition coefficient (Wildman–Crippen LogP) is 4.92. The van der Waals surface area contributed by atoms with Crippen LogP contribution in [0.1, 0.15) is 44.6 Å². The highest BCUT2D eigenvalue weighted by atomic mass is 35.5. The van der Waals surface area contributed by atoms with Crippen molar-refractivity contribution in [2.24, 2.45) is 0 Å². The van der Waals surface area contributed by atoms with E-state index in [-0.39, 0.29) is 17.2 Å². The SMILES string of the molecule is CC[C@H](C)c1ccc(-n2c(SCC(=O)NC3CC3)nc3cc(Cl)ccc3c2=O)cc1. The van der Waals surface area contributed by atoms with E-state index in [9.17, 15) is 9.59 Å². The molecule has 0 saturated heterocycles. The average Bonchev–Trinajstić information content (AvgIpc) is 3.55. The molecule has 1 aliphatic rings. The average molecular weight is 442 g/mol. The first kappa shape index (κ1) is 20.9. The summed E-state index contributed by atoms with van der Waals surface area (Å²) in [6.45, 7) is 4.34. The highest BCUT2D eigenvalue weighted by Gasteiger charge is 2.23. The number of nitrogens with zero attached hydrogens (tertiary/aromatic N) is 2. The van der Waals surface area contributed by atoms with Crippen LogP contribution in [-0.4, -0.2) is 27.3 Å². The maximum Gasteiger partial charge on any atom is 0.266 e. The Morgan fingerprint density at radius 1 is 1.27 bits per heavy atom. The van der Waals surface area contributed by atoms with Crippen molar-refractivity contribution in [3.05, 3.63) is 63.4 Å². The molecule has 1 aromatic heterocycles. The Labute approximate surface area is 184 Å². The number of carbonyl (C=O) groups is 1. The summed E-state index contributed by atoms with van der Waals surface area (Å²) in [7, 11) is 0. The Kier molecular flexibility index (Phi) is 6.16. The quantitative estimate of drug-likeness (QED) is 0.417. The minimum absolute atomic E-state index is 0.0402. The largest absolute Gasteiger partial charge is 0.353 e. The van der Waals surface area contributed by atoms with E-state index in [1.165, 1.54) is 17.3 Å². The number of halogens is 1. The van der Waals surface area contributed by atoms with Gasteiger partial charge in [0.25, 0.3) is 5.56 Å². The Hall–Kier alpha value is -2.31. The molecule has 156 valence electrons. The summed E-state index contributed by atoms with van der Waals surface area (Å²) in [5.41, 5.74) is 2.33. The molecule has 1 saturated carbocycles. The van der Waals surface area contributed by atoms with E-state index in [1.807, 2.05) is 12.1 Å². The molecule has 0 aliphatic heterocycles. The van der Waals surface area contributed by atoms with Gasteiger partial charge in [-0.15, -0.1) is 0 Å². The van der Waals surface area contributed by atoms with Crippen LogP contribution in [0.5, 0.6) is 0 Å². The number of carbonyl (C=O) groups excluding carboxylic acids is 1. The van der Waals surface area contributed by atoms with Crippen LogP contribution in [0.2, 0.25) is 5.02 Å². The molecule has 0 unspecified atom stereocenters. The topological polar surface area (TPSA) is 64.0 Å². The summed E-state index contributed by atoms with van der Waals surface area (Å²) in [4.78, 5) is 30.2. The molecule has 1 amide bonds. The summed E-state index contributed by atoms with van der Waals surface area (Å²) in [5.74, 6) is 0.620. The maximum atomic E-state index is 13.3. The van der Waals surface area contributed by atoms with Gasteiger partial charge < -0.3 is 5.32 Å². The molecule has 1 aliphatic carbocycles. The van der Waals surface area contributed by atoms with E-state index >= 15 is 0 Å². The molecular formula is C23H24ClN3O2S. The first-order valence-electron chi connectivity index (χ1n) is 10.2. The van der Waals surface area contributed by atoms with Crippen LogP contribution < -0.4 is 10.9 Å².